The summed E-state index contributed by atoms with van der Waals surface area (Å²) in [5, 5.41) is 2.91. The molecule has 0 unspecified atom stereocenters. The number of sulfonamides is 1. The zero-order valence-corrected chi connectivity index (χ0v) is 17.5. The Balaban J connectivity index is 1.82. The van der Waals surface area contributed by atoms with Gasteiger partial charge in [0.25, 0.3) is 15.9 Å². The van der Waals surface area contributed by atoms with Gasteiger partial charge >= 0.3 is 0 Å². The van der Waals surface area contributed by atoms with E-state index in [0.29, 0.717) is 11.3 Å². The first-order valence-electron chi connectivity index (χ1n) is 9.30. The first-order chi connectivity index (χ1) is 13.8. The number of anilines is 1. The number of hydrogen-bond donors (Lipinski definition) is 1. The molecule has 1 atom stereocenters. The molecule has 0 aliphatic rings. The highest BCUT2D eigenvalue weighted by Crippen LogP contribution is 2.23. The van der Waals surface area contributed by atoms with E-state index in [2.05, 4.69) is 5.32 Å². The van der Waals surface area contributed by atoms with Crippen LogP contribution in [0.5, 0.6) is 0 Å². The minimum atomic E-state index is -3.79. The lowest BCUT2D eigenvalue weighted by atomic mass is 10.1. The van der Waals surface area contributed by atoms with Gasteiger partial charge in [0, 0.05) is 12.6 Å². The number of benzene rings is 3. The molecule has 0 heterocycles. The van der Waals surface area contributed by atoms with Gasteiger partial charge in [0.05, 0.1) is 16.6 Å². The van der Waals surface area contributed by atoms with E-state index in [1.165, 1.54) is 23.5 Å². The highest BCUT2D eigenvalue weighted by Gasteiger charge is 2.22. The summed E-state index contributed by atoms with van der Waals surface area (Å²) in [6.45, 7) is 3.83. The second-order valence-electron chi connectivity index (χ2n) is 6.94. The molecule has 6 heteroatoms. The lowest BCUT2D eigenvalue weighted by molar-refractivity contribution is 0.0939. The van der Waals surface area contributed by atoms with Crippen LogP contribution in [0, 0.1) is 6.92 Å². The maximum atomic E-state index is 13.0. The lowest BCUT2D eigenvalue weighted by Gasteiger charge is -2.20. The Morgan fingerprint density at radius 2 is 1.59 bits per heavy atom. The number of rotatable bonds is 6. The summed E-state index contributed by atoms with van der Waals surface area (Å²) in [7, 11) is -2.28. The van der Waals surface area contributed by atoms with Gasteiger partial charge in [0.15, 0.2) is 0 Å². The number of carbonyl (C=O) groups is 1. The van der Waals surface area contributed by atoms with Crippen molar-refractivity contribution in [1.82, 2.24) is 5.32 Å². The first-order valence-corrected chi connectivity index (χ1v) is 10.7. The van der Waals surface area contributed by atoms with Gasteiger partial charge in [-0.15, -0.1) is 0 Å². The standard InChI is InChI=1S/C23H24N2O3S/c1-17-12-14-21(15-13-17)25(3)29(27,28)22-11-7-10-20(16-22)23(26)24-18(2)19-8-5-4-6-9-19/h4-16,18H,1-3H3,(H,24,26)/t18-/m0/s1. The molecule has 0 bridgehead atoms. The Labute approximate surface area is 172 Å². The smallest absolute Gasteiger partial charge is 0.264 e. The molecule has 3 aromatic carbocycles. The normalized spacial score (nSPS) is 12.2. The van der Waals surface area contributed by atoms with E-state index in [-0.39, 0.29) is 16.8 Å². The van der Waals surface area contributed by atoms with Crippen molar-refractivity contribution in [1.29, 1.82) is 0 Å². The molecule has 3 rings (SSSR count). The summed E-state index contributed by atoms with van der Waals surface area (Å²) < 4.78 is 27.3. The molecule has 1 amide bonds. The van der Waals surface area contributed by atoms with Crippen LogP contribution in [0.25, 0.3) is 0 Å². The molecule has 5 nitrogen and oxygen atoms in total. The van der Waals surface area contributed by atoms with E-state index in [1.54, 1.807) is 24.3 Å². The molecule has 0 aromatic heterocycles. The first kappa shape index (κ1) is 20.6. The summed E-state index contributed by atoms with van der Waals surface area (Å²) in [4.78, 5) is 12.7. The predicted octanol–water partition coefficient (Wildman–Crippen LogP) is 4.31. The van der Waals surface area contributed by atoms with Crippen molar-refractivity contribution in [3.8, 4) is 0 Å². The van der Waals surface area contributed by atoms with E-state index >= 15 is 0 Å². The fourth-order valence-corrected chi connectivity index (χ4v) is 4.20. The van der Waals surface area contributed by atoms with Crippen molar-refractivity contribution in [3.63, 3.8) is 0 Å². The second kappa shape index (κ2) is 8.49. The predicted molar refractivity (Wildman–Crippen MR) is 116 cm³/mol. The molecule has 1 N–H and O–H groups in total. The molecular formula is C23H24N2O3S. The van der Waals surface area contributed by atoms with Crippen LogP contribution >= 0.6 is 0 Å². The lowest BCUT2D eigenvalue weighted by Crippen LogP contribution is -2.28. The third-order valence-corrected chi connectivity index (χ3v) is 6.58. The van der Waals surface area contributed by atoms with Gasteiger partial charge in [-0.25, -0.2) is 8.42 Å². The Morgan fingerprint density at radius 3 is 2.24 bits per heavy atom. The van der Waals surface area contributed by atoms with Crippen LogP contribution in [0.3, 0.4) is 0 Å². The summed E-state index contributed by atoms with van der Waals surface area (Å²) >= 11 is 0. The second-order valence-corrected chi connectivity index (χ2v) is 8.91. The molecule has 0 saturated heterocycles. The van der Waals surface area contributed by atoms with Crippen LogP contribution in [0.2, 0.25) is 0 Å². The number of nitrogens with zero attached hydrogens (tertiary/aromatic N) is 1. The van der Waals surface area contributed by atoms with Gasteiger partial charge in [-0.3, -0.25) is 9.10 Å². The molecule has 150 valence electrons. The summed E-state index contributed by atoms with van der Waals surface area (Å²) in [5.41, 5.74) is 2.88. The highest BCUT2D eigenvalue weighted by molar-refractivity contribution is 7.92. The summed E-state index contributed by atoms with van der Waals surface area (Å²) in [6, 6.07) is 22.7. The van der Waals surface area contributed by atoms with E-state index in [4.69, 9.17) is 0 Å². The third-order valence-electron chi connectivity index (χ3n) is 4.80. The van der Waals surface area contributed by atoms with Gasteiger partial charge in [0.2, 0.25) is 0 Å². The minimum absolute atomic E-state index is 0.0700. The van der Waals surface area contributed by atoms with Gasteiger partial charge in [-0.1, -0.05) is 54.1 Å². The largest absolute Gasteiger partial charge is 0.346 e. The quantitative estimate of drug-likeness (QED) is 0.661. The molecule has 29 heavy (non-hydrogen) atoms. The number of amides is 1. The van der Waals surface area contributed by atoms with Crippen molar-refractivity contribution in [2.45, 2.75) is 24.8 Å². The zero-order valence-electron chi connectivity index (χ0n) is 16.7. The fraction of sp³-hybridized carbons (Fsp3) is 0.174. The Kier molecular flexibility index (Phi) is 6.03. The van der Waals surface area contributed by atoms with Crippen molar-refractivity contribution in [3.05, 3.63) is 95.6 Å². The van der Waals surface area contributed by atoms with Crippen LogP contribution < -0.4 is 9.62 Å². The molecule has 3 aromatic rings. The number of nitrogens with one attached hydrogen (secondary N) is 1. The molecule has 0 radical (unpaired) electrons. The van der Waals surface area contributed by atoms with E-state index < -0.39 is 10.0 Å². The third kappa shape index (κ3) is 4.66. The van der Waals surface area contributed by atoms with Gasteiger partial charge in [0.1, 0.15) is 0 Å². The Morgan fingerprint density at radius 1 is 0.931 bits per heavy atom. The molecule has 0 spiro atoms. The minimum Gasteiger partial charge on any atom is -0.346 e. The van der Waals surface area contributed by atoms with Gasteiger partial charge in [-0.2, -0.15) is 0 Å². The summed E-state index contributed by atoms with van der Waals surface area (Å²) in [6.07, 6.45) is 0. The zero-order chi connectivity index (χ0) is 21.0. The van der Waals surface area contributed by atoms with Crippen molar-refractivity contribution < 1.29 is 13.2 Å². The fourth-order valence-electron chi connectivity index (χ4n) is 2.95. The average molecular weight is 409 g/mol. The van der Waals surface area contributed by atoms with E-state index in [1.807, 2.05) is 56.3 Å². The van der Waals surface area contributed by atoms with Crippen molar-refractivity contribution in [2.24, 2.45) is 0 Å². The van der Waals surface area contributed by atoms with Crippen LogP contribution in [0.15, 0.2) is 83.8 Å². The highest BCUT2D eigenvalue weighted by atomic mass is 32.2. The van der Waals surface area contributed by atoms with Crippen LogP contribution in [0.1, 0.15) is 34.5 Å². The maximum Gasteiger partial charge on any atom is 0.264 e. The van der Waals surface area contributed by atoms with E-state index in [9.17, 15) is 13.2 Å². The molecule has 0 fully saturated rings. The SMILES string of the molecule is Cc1ccc(N(C)S(=O)(=O)c2cccc(C(=O)N[C@@H](C)c3ccccc3)c2)cc1. The van der Waals surface area contributed by atoms with Gasteiger partial charge < -0.3 is 5.32 Å². The topological polar surface area (TPSA) is 66.5 Å². The molecule has 0 aliphatic heterocycles. The summed E-state index contributed by atoms with van der Waals surface area (Å²) in [5.74, 6) is -0.323. The molecule has 0 saturated carbocycles. The van der Waals surface area contributed by atoms with Crippen molar-refractivity contribution >= 4 is 21.6 Å². The van der Waals surface area contributed by atoms with E-state index in [0.717, 1.165) is 11.1 Å². The monoisotopic (exact) mass is 408 g/mol. The number of hydrogen-bond acceptors (Lipinski definition) is 3. The number of aryl methyl sites for hydroxylation is 1. The number of carbonyl (C=O) groups excluding carboxylic acids is 1. The molecule has 0 aliphatic carbocycles. The Bertz CT molecular complexity index is 1090. The van der Waals surface area contributed by atoms with Crippen LogP contribution in [-0.2, 0) is 10.0 Å². The Hall–Kier alpha value is -3.12. The molecular weight excluding hydrogens is 384 g/mol. The van der Waals surface area contributed by atoms with Crippen molar-refractivity contribution in [2.75, 3.05) is 11.4 Å². The van der Waals surface area contributed by atoms with Gasteiger partial charge in [-0.05, 0) is 49.7 Å². The van der Waals surface area contributed by atoms with Crippen LogP contribution in [0.4, 0.5) is 5.69 Å². The van der Waals surface area contributed by atoms with Crippen LogP contribution in [-0.4, -0.2) is 21.4 Å². The maximum absolute atomic E-state index is 13.0. The average Bonchev–Trinajstić information content (AvgIpc) is 2.74.